The molecule has 0 unspecified atom stereocenters. The van der Waals surface area contributed by atoms with E-state index in [0.717, 1.165) is 45.4 Å². The Morgan fingerprint density at radius 2 is 1.95 bits per heavy atom. The zero-order chi connectivity index (χ0) is 14.4. The topological polar surface area (TPSA) is 32.3 Å². The van der Waals surface area contributed by atoms with Crippen molar-refractivity contribution in [2.24, 2.45) is 0 Å². The van der Waals surface area contributed by atoms with Crippen LogP contribution in [0, 0.1) is 13.8 Å². The van der Waals surface area contributed by atoms with E-state index in [9.17, 15) is 4.79 Å². The van der Waals surface area contributed by atoms with Gasteiger partial charge >= 0.3 is 0 Å². The lowest BCUT2D eigenvalue weighted by Crippen LogP contribution is -2.36. The molecule has 21 heavy (non-hydrogen) atoms. The van der Waals surface area contributed by atoms with E-state index in [1.807, 2.05) is 4.90 Å². The van der Waals surface area contributed by atoms with Crippen LogP contribution in [0.1, 0.15) is 42.4 Å². The molecule has 0 saturated carbocycles. The molecule has 0 bridgehead atoms. The minimum Gasteiger partial charge on any atom is -0.341 e. The number of carbonyl (C=O) groups is 1. The molecule has 1 aromatic carbocycles. The zero-order valence-electron chi connectivity index (χ0n) is 13.2. The van der Waals surface area contributed by atoms with Gasteiger partial charge in [0.05, 0.1) is 0 Å². The fourth-order valence-corrected chi connectivity index (χ4v) is 2.64. The van der Waals surface area contributed by atoms with Crippen LogP contribution in [0.4, 0.5) is 0 Å². The van der Waals surface area contributed by atoms with Crippen LogP contribution in [0.3, 0.4) is 0 Å². The van der Waals surface area contributed by atoms with Crippen LogP contribution < -0.4 is 5.32 Å². The van der Waals surface area contributed by atoms with Gasteiger partial charge in [-0.25, -0.2) is 0 Å². The van der Waals surface area contributed by atoms with Gasteiger partial charge in [0, 0.05) is 32.6 Å². The van der Waals surface area contributed by atoms with Crippen LogP contribution in [0.25, 0.3) is 0 Å². The van der Waals surface area contributed by atoms with Gasteiger partial charge in [0.2, 0.25) is 5.91 Å². The average Bonchev–Trinajstić information content (AvgIpc) is 2.64. The van der Waals surface area contributed by atoms with Crippen LogP contribution in [0.5, 0.6) is 0 Å². The summed E-state index contributed by atoms with van der Waals surface area (Å²) in [6, 6.07) is 6.58. The minimum atomic E-state index is 0. The van der Waals surface area contributed by atoms with Gasteiger partial charge in [-0.15, -0.1) is 12.4 Å². The number of amides is 1. The summed E-state index contributed by atoms with van der Waals surface area (Å²) in [6.07, 6.45) is 4.14. The van der Waals surface area contributed by atoms with Gasteiger partial charge in [-0.3, -0.25) is 4.79 Å². The maximum absolute atomic E-state index is 11.9. The number of aryl methyl sites for hydroxylation is 2. The lowest BCUT2D eigenvalue weighted by molar-refractivity contribution is -0.130. The number of nitrogens with zero attached hydrogens (tertiary/aromatic N) is 1. The highest BCUT2D eigenvalue weighted by molar-refractivity contribution is 5.85. The molecule has 0 atom stereocenters. The second-order valence-corrected chi connectivity index (χ2v) is 5.79. The summed E-state index contributed by atoms with van der Waals surface area (Å²) in [4.78, 5) is 13.9. The first-order valence-corrected chi connectivity index (χ1v) is 7.71. The largest absolute Gasteiger partial charge is 0.341 e. The van der Waals surface area contributed by atoms with Crippen molar-refractivity contribution < 1.29 is 4.79 Å². The predicted octanol–water partition coefficient (Wildman–Crippen LogP) is 3.22. The van der Waals surface area contributed by atoms with Crippen molar-refractivity contribution in [3.05, 3.63) is 34.9 Å². The summed E-state index contributed by atoms with van der Waals surface area (Å²) in [5, 5.41) is 3.44. The molecule has 4 heteroatoms. The maximum atomic E-state index is 11.9. The number of nitrogens with one attached hydrogen (secondary N) is 1. The number of benzene rings is 1. The molecule has 0 aliphatic carbocycles. The van der Waals surface area contributed by atoms with Crippen molar-refractivity contribution in [1.29, 1.82) is 0 Å². The Hall–Kier alpha value is -1.06. The lowest BCUT2D eigenvalue weighted by atomic mass is 10.1. The van der Waals surface area contributed by atoms with Crippen LogP contribution >= 0.6 is 12.4 Å². The molecule has 3 nitrogen and oxygen atoms in total. The summed E-state index contributed by atoms with van der Waals surface area (Å²) in [7, 11) is 0. The molecule has 1 N–H and O–H groups in total. The third-order valence-corrected chi connectivity index (χ3v) is 4.13. The van der Waals surface area contributed by atoms with E-state index in [4.69, 9.17) is 0 Å². The van der Waals surface area contributed by atoms with Crippen molar-refractivity contribution in [2.45, 2.75) is 46.1 Å². The van der Waals surface area contributed by atoms with Gasteiger partial charge in [0.25, 0.3) is 0 Å². The molecule has 1 aliphatic rings. The first kappa shape index (κ1) is 18.0. The molecule has 1 fully saturated rings. The Bertz CT molecular complexity index is 462. The Labute approximate surface area is 134 Å². The first-order chi connectivity index (χ1) is 9.66. The van der Waals surface area contributed by atoms with Crippen LogP contribution in [-0.4, -0.2) is 30.4 Å². The van der Waals surface area contributed by atoms with E-state index in [0.29, 0.717) is 5.91 Å². The number of halogens is 1. The number of carbonyl (C=O) groups excluding carboxylic acids is 1. The van der Waals surface area contributed by atoms with E-state index in [1.54, 1.807) is 0 Å². The molecule has 118 valence electrons. The van der Waals surface area contributed by atoms with Gasteiger partial charge in [-0.2, -0.15) is 0 Å². The van der Waals surface area contributed by atoms with Crippen molar-refractivity contribution in [3.63, 3.8) is 0 Å². The molecule has 1 aromatic rings. The summed E-state index contributed by atoms with van der Waals surface area (Å²) in [5.41, 5.74) is 3.99. The Morgan fingerprint density at radius 1 is 1.14 bits per heavy atom. The fourth-order valence-electron chi connectivity index (χ4n) is 2.64. The normalized spacial score (nSPS) is 15.5. The van der Waals surface area contributed by atoms with Gasteiger partial charge in [0.15, 0.2) is 0 Å². The number of hydrogen-bond donors (Lipinski definition) is 1. The van der Waals surface area contributed by atoms with Crippen molar-refractivity contribution in [3.8, 4) is 0 Å². The molecule has 1 saturated heterocycles. The smallest absolute Gasteiger partial charge is 0.222 e. The Morgan fingerprint density at radius 3 is 2.71 bits per heavy atom. The third-order valence-electron chi connectivity index (χ3n) is 4.13. The fraction of sp³-hybridized carbons (Fsp3) is 0.588. The molecule has 1 aliphatic heterocycles. The second-order valence-electron chi connectivity index (χ2n) is 5.79. The standard InChI is InChI=1S/C17H26N2O.ClH/c1-14-7-8-16(12-15(14)2)13-18-9-11-19-10-5-3-4-6-17(19)20;/h7-8,12,18H,3-6,9-11,13H2,1-2H3;1H. The Kier molecular flexibility index (Phi) is 7.76. The molecule has 0 spiro atoms. The van der Waals surface area contributed by atoms with Crippen molar-refractivity contribution >= 4 is 18.3 Å². The molecule has 0 radical (unpaired) electrons. The molecular weight excluding hydrogens is 284 g/mol. The van der Waals surface area contributed by atoms with E-state index in [-0.39, 0.29) is 12.4 Å². The lowest BCUT2D eigenvalue weighted by Gasteiger charge is -2.20. The van der Waals surface area contributed by atoms with Gasteiger partial charge < -0.3 is 10.2 Å². The third kappa shape index (κ3) is 5.68. The second kappa shape index (κ2) is 9.06. The molecule has 1 amide bonds. The number of hydrogen-bond acceptors (Lipinski definition) is 2. The van der Waals surface area contributed by atoms with E-state index in [2.05, 4.69) is 37.4 Å². The van der Waals surface area contributed by atoms with Crippen molar-refractivity contribution in [2.75, 3.05) is 19.6 Å². The van der Waals surface area contributed by atoms with Gasteiger partial charge in [-0.05, 0) is 43.4 Å². The maximum Gasteiger partial charge on any atom is 0.222 e. The Balaban J connectivity index is 0.00000220. The van der Waals surface area contributed by atoms with Crippen LogP contribution in [-0.2, 0) is 11.3 Å². The minimum absolute atomic E-state index is 0. The molecule has 0 aromatic heterocycles. The zero-order valence-corrected chi connectivity index (χ0v) is 14.0. The highest BCUT2D eigenvalue weighted by Gasteiger charge is 2.15. The molecule has 1 heterocycles. The highest BCUT2D eigenvalue weighted by Crippen LogP contribution is 2.11. The average molecular weight is 311 g/mol. The molecular formula is C17H27ClN2O. The summed E-state index contributed by atoms with van der Waals surface area (Å²) in [6.45, 7) is 7.81. The first-order valence-electron chi connectivity index (χ1n) is 7.71. The summed E-state index contributed by atoms with van der Waals surface area (Å²) >= 11 is 0. The van der Waals surface area contributed by atoms with Crippen LogP contribution in [0.15, 0.2) is 18.2 Å². The predicted molar refractivity (Wildman–Crippen MR) is 89.9 cm³/mol. The summed E-state index contributed by atoms with van der Waals surface area (Å²) in [5.74, 6) is 0.329. The van der Waals surface area contributed by atoms with Crippen molar-refractivity contribution in [1.82, 2.24) is 10.2 Å². The van der Waals surface area contributed by atoms with E-state index < -0.39 is 0 Å². The monoisotopic (exact) mass is 310 g/mol. The van der Waals surface area contributed by atoms with Gasteiger partial charge in [0.1, 0.15) is 0 Å². The SMILES string of the molecule is Cc1ccc(CNCCN2CCCCCC2=O)cc1C.Cl. The number of rotatable bonds is 5. The quantitative estimate of drug-likeness (QED) is 0.847. The van der Waals surface area contributed by atoms with E-state index >= 15 is 0 Å². The van der Waals surface area contributed by atoms with Crippen LogP contribution in [0.2, 0.25) is 0 Å². The number of likely N-dealkylation sites (tertiary alicyclic amines) is 1. The highest BCUT2D eigenvalue weighted by atomic mass is 35.5. The van der Waals surface area contributed by atoms with Gasteiger partial charge in [-0.1, -0.05) is 24.6 Å². The molecule has 2 rings (SSSR count). The summed E-state index contributed by atoms with van der Waals surface area (Å²) < 4.78 is 0. The van der Waals surface area contributed by atoms with E-state index in [1.165, 1.54) is 23.1 Å².